The van der Waals surface area contributed by atoms with E-state index < -0.39 is 0 Å². The van der Waals surface area contributed by atoms with Crippen molar-refractivity contribution >= 4 is 17.4 Å². The maximum atomic E-state index is 12.1. The Hall–Kier alpha value is -3.34. The van der Waals surface area contributed by atoms with Crippen LogP contribution in [0.1, 0.15) is 23.1 Å². The van der Waals surface area contributed by atoms with E-state index in [-0.39, 0.29) is 5.91 Å². The number of aromatic nitrogens is 1. The first-order valence-corrected chi connectivity index (χ1v) is 9.80. The summed E-state index contributed by atoms with van der Waals surface area (Å²) in [7, 11) is 1.67. The molecule has 0 unspecified atom stereocenters. The molecule has 0 atom stereocenters. The lowest BCUT2D eigenvalue weighted by atomic mass is 10.1. The van der Waals surface area contributed by atoms with Crippen molar-refractivity contribution in [1.82, 2.24) is 4.98 Å². The van der Waals surface area contributed by atoms with Crippen LogP contribution >= 0.6 is 0 Å². The third kappa shape index (κ3) is 6.64. The van der Waals surface area contributed by atoms with Crippen molar-refractivity contribution < 1.29 is 9.53 Å². The smallest absolute Gasteiger partial charge is 0.224 e. The van der Waals surface area contributed by atoms with E-state index in [0.717, 1.165) is 31.0 Å². The van der Waals surface area contributed by atoms with Crippen LogP contribution < -0.4 is 15.4 Å². The standard InChI is InChI=1S/C24H27N3O2/c1-18-3-5-19(6-4-18)9-14-24(28)27-21-10-13-23(26-17-21)25-16-15-20-7-11-22(29-2)12-8-20/h3-8,10-13,17H,9,14-16H2,1-2H3,(H,25,26)(H,27,28). The van der Waals surface area contributed by atoms with Crippen molar-refractivity contribution in [2.75, 3.05) is 24.3 Å². The molecule has 0 aliphatic carbocycles. The van der Waals surface area contributed by atoms with Crippen LogP contribution in [0.15, 0.2) is 66.9 Å². The van der Waals surface area contributed by atoms with Crippen LogP contribution in [-0.4, -0.2) is 24.5 Å². The molecule has 0 radical (unpaired) electrons. The number of aryl methyl sites for hydroxylation is 2. The normalized spacial score (nSPS) is 10.4. The van der Waals surface area contributed by atoms with Crippen molar-refractivity contribution in [3.8, 4) is 5.75 Å². The first-order chi connectivity index (χ1) is 14.1. The minimum atomic E-state index is -0.00686. The molecule has 2 N–H and O–H groups in total. The van der Waals surface area contributed by atoms with Crippen molar-refractivity contribution in [3.63, 3.8) is 0 Å². The van der Waals surface area contributed by atoms with Gasteiger partial charge in [-0.15, -0.1) is 0 Å². The molecule has 3 rings (SSSR count). The Labute approximate surface area is 172 Å². The Kier molecular flexibility index (Phi) is 7.22. The second-order valence-corrected chi connectivity index (χ2v) is 6.99. The monoisotopic (exact) mass is 389 g/mol. The van der Waals surface area contributed by atoms with Gasteiger partial charge >= 0.3 is 0 Å². The quantitative estimate of drug-likeness (QED) is 0.560. The number of nitrogens with one attached hydrogen (secondary N) is 2. The predicted molar refractivity (Wildman–Crippen MR) is 118 cm³/mol. The van der Waals surface area contributed by atoms with E-state index in [1.54, 1.807) is 13.3 Å². The van der Waals surface area contributed by atoms with Gasteiger partial charge in [0, 0.05) is 13.0 Å². The van der Waals surface area contributed by atoms with Crippen LogP contribution in [0.3, 0.4) is 0 Å². The highest BCUT2D eigenvalue weighted by atomic mass is 16.5. The Morgan fingerprint density at radius 2 is 1.62 bits per heavy atom. The minimum absolute atomic E-state index is 0.00686. The lowest BCUT2D eigenvalue weighted by Gasteiger charge is -2.08. The SMILES string of the molecule is COc1ccc(CCNc2ccc(NC(=O)CCc3ccc(C)cc3)cn2)cc1. The minimum Gasteiger partial charge on any atom is -0.497 e. The van der Waals surface area contributed by atoms with E-state index in [0.29, 0.717) is 12.1 Å². The summed E-state index contributed by atoms with van der Waals surface area (Å²) >= 11 is 0. The van der Waals surface area contributed by atoms with Gasteiger partial charge in [-0.3, -0.25) is 4.79 Å². The second kappa shape index (κ2) is 10.3. The Bertz CT molecular complexity index is 904. The molecule has 3 aromatic rings. The van der Waals surface area contributed by atoms with E-state index in [1.165, 1.54) is 16.7 Å². The molecule has 1 amide bonds. The highest BCUT2D eigenvalue weighted by Crippen LogP contribution is 2.13. The predicted octanol–water partition coefficient (Wildman–Crippen LogP) is 4.62. The highest BCUT2D eigenvalue weighted by Gasteiger charge is 2.04. The van der Waals surface area contributed by atoms with Gasteiger partial charge in [-0.25, -0.2) is 4.98 Å². The average Bonchev–Trinajstić information content (AvgIpc) is 2.75. The van der Waals surface area contributed by atoms with Gasteiger partial charge in [-0.2, -0.15) is 0 Å². The number of hydrogen-bond donors (Lipinski definition) is 2. The second-order valence-electron chi connectivity index (χ2n) is 6.99. The largest absolute Gasteiger partial charge is 0.497 e. The number of carbonyl (C=O) groups excluding carboxylic acids is 1. The number of pyridine rings is 1. The number of carbonyl (C=O) groups is 1. The molecule has 0 spiro atoms. The third-order valence-electron chi connectivity index (χ3n) is 4.69. The zero-order valence-corrected chi connectivity index (χ0v) is 16.9. The third-order valence-corrected chi connectivity index (χ3v) is 4.69. The number of anilines is 2. The number of amides is 1. The van der Waals surface area contributed by atoms with Gasteiger partial charge in [0.15, 0.2) is 0 Å². The van der Waals surface area contributed by atoms with Gasteiger partial charge in [0.1, 0.15) is 11.6 Å². The molecule has 150 valence electrons. The summed E-state index contributed by atoms with van der Waals surface area (Å²) in [5.41, 5.74) is 4.33. The maximum absolute atomic E-state index is 12.1. The van der Waals surface area contributed by atoms with Crippen LogP contribution in [0.25, 0.3) is 0 Å². The first-order valence-electron chi connectivity index (χ1n) is 9.80. The number of methoxy groups -OCH3 is 1. The fourth-order valence-electron chi connectivity index (χ4n) is 2.94. The molecule has 5 nitrogen and oxygen atoms in total. The van der Waals surface area contributed by atoms with E-state index in [9.17, 15) is 4.79 Å². The number of ether oxygens (including phenoxy) is 1. The molecule has 1 aromatic heterocycles. The zero-order chi connectivity index (χ0) is 20.5. The fourth-order valence-corrected chi connectivity index (χ4v) is 2.94. The zero-order valence-electron chi connectivity index (χ0n) is 16.9. The molecule has 0 saturated heterocycles. The van der Waals surface area contributed by atoms with E-state index in [2.05, 4.69) is 58.9 Å². The number of nitrogens with zero attached hydrogens (tertiary/aromatic N) is 1. The van der Waals surface area contributed by atoms with Crippen molar-refractivity contribution in [1.29, 1.82) is 0 Å². The topological polar surface area (TPSA) is 63.2 Å². The lowest BCUT2D eigenvalue weighted by Crippen LogP contribution is -2.13. The van der Waals surface area contributed by atoms with Crippen LogP contribution in [0, 0.1) is 6.92 Å². The lowest BCUT2D eigenvalue weighted by molar-refractivity contribution is -0.116. The summed E-state index contributed by atoms with van der Waals surface area (Å²) in [5.74, 6) is 1.64. The molecule has 0 saturated carbocycles. The number of hydrogen-bond acceptors (Lipinski definition) is 4. The molecule has 1 heterocycles. The van der Waals surface area contributed by atoms with Crippen LogP contribution in [-0.2, 0) is 17.6 Å². The van der Waals surface area contributed by atoms with E-state index in [4.69, 9.17) is 4.74 Å². The highest BCUT2D eigenvalue weighted by molar-refractivity contribution is 5.90. The summed E-state index contributed by atoms with van der Waals surface area (Å²) in [6, 6.07) is 20.1. The van der Waals surface area contributed by atoms with Crippen molar-refractivity contribution in [3.05, 3.63) is 83.6 Å². The van der Waals surface area contributed by atoms with Gasteiger partial charge in [0.05, 0.1) is 19.0 Å². The molecule has 5 heteroatoms. The molecule has 0 aliphatic rings. The molecule has 29 heavy (non-hydrogen) atoms. The number of rotatable bonds is 9. The summed E-state index contributed by atoms with van der Waals surface area (Å²) in [4.78, 5) is 16.5. The fraction of sp³-hybridized carbons (Fsp3) is 0.250. The summed E-state index contributed by atoms with van der Waals surface area (Å²) in [6.45, 7) is 2.84. The van der Waals surface area contributed by atoms with Crippen molar-refractivity contribution in [2.45, 2.75) is 26.2 Å². The Balaban J connectivity index is 1.40. The molecule has 2 aromatic carbocycles. The Morgan fingerprint density at radius 3 is 2.28 bits per heavy atom. The molecule has 0 fully saturated rings. The van der Waals surface area contributed by atoms with E-state index in [1.807, 2.05) is 24.3 Å². The molecule has 0 bridgehead atoms. The summed E-state index contributed by atoms with van der Waals surface area (Å²) in [5, 5.41) is 6.20. The Morgan fingerprint density at radius 1 is 0.931 bits per heavy atom. The summed E-state index contributed by atoms with van der Waals surface area (Å²) < 4.78 is 5.17. The van der Waals surface area contributed by atoms with Gasteiger partial charge in [-0.05, 0) is 55.2 Å². The summed E-state index contributed by atoms with van der Waals surface area (Å²) in [6.07, 6.45) is 3.75. The maximum Gasteiger partial charge on any atom is 0.224 e. The van der Waals surface area contributed by atoms with Gasteiger partial charge in [0.25, 0.3) is 0 Å². The van der Waals surface area contributed by atoms with Gasteiger partial charge < -0.3 is 15.4 Å². The van der Waals surface area contributed by atoms with Gasteiger partial charge in [0.2, 0.25) is 5.91 Å². The first kappa shape index (κ1) is 20.4. The van der Waals surface area contributed by atoms with E-state index >= 15 is 0 Å². The molecule has 0 aliphatic heterocycles. The molecular weight excluding hydrogens is 362 g/mol. The van der Waals surface area contributed by atoms with Crippen LogP contribution in [0.4, 0.5) is 11.5 Å². The number of benzene rings is 2. The van der Waals surface area contributed by atoms with Crippen LogP contribution in [0.5, 0.6) is 5.75 Å². The van der Waals surface area contributed by atoms with Crippen molar-refractivity contribution in [2.24, 2.45) is 0 Å². The molecular formula is C24H27N3O2. The average molecular weight is 389 g/mol. The van der Waals surface area contributed by atoms with Gasteiger partial charge in [-0.1, -0.05) is 42.0 Å². The van der Waals surface area contributed by atoms with Crippen LogP contribution in [0.2, 0.25) is 0 Å².